The number of hydrogen-bond acceptors (Lipinski definition) is 5. The monoisotopic (exact) mass is 316 g/mol. The molecule has 6 nitrogen and oxygen atoms in total. The number of nitro groups is 1. The van der Waals surface area contributed by atoms with Crippen molar-refractivity contribution >= 4 is 27.4 Å². The van der Waals surface area contributed by atoms with Gasteiger partial charge in [-0.25, -0.2) is 4.98 Å². The number of aromatic nitrogens is 1. The minimum atomic E-state index is -0.441. The molecule has 3 N–H and O–H groups in total. The summed E-state index contributed by atoms with van der Waals surface area (Å²) >= 11 is 3.34. The van der Waals surface area contributed by atoms with Gasteiger partial charge in [0, 0.05) is 18.2 Å². The summed E-state index contributed by atoms with van der Waals surface area (Å²) in [4.78, 5) is 14.4. The number of anilines is 1. The van der Waals surface area contributed by atoms with Crippen LogP contribution in [0.25, 0.3) is 0 Å². The Labute approximate surface area is 114 Å². The van der Waals surface area contributed by atoms with Crippen LogP contribution in [0, 0.1) is 17.0 Å². The Hall–Kier alpha value is -1.21. The largest absolute Gasteiger partial charge is 0.365 e. The third kappa shape index (κ3) is 3.39. The molecular formula is C11H17BrN4O2. The van der Waals surface area contributed by atoms with Crippen LogP contribution >= 0.6 is 15.9 Å². The van der Waals surface area contributed by atoms with Crippen LogP contribution in [0.15, 0.2) is 10.7 Å². The predicted molar refractivity (Wildman–Crippen MR) is 74.7 cm³/mol. The lowest BCUT2D eigenvalue weighted by Crippen LogP contribution is -2.29. The molecule has 0 bridgehead atoms. The van der Waals surface area contributed by atoms with Crippen LogP contribution < -0.4 is 11.1 Å². The molecule has 0 radical (unpaired) electrons. The van der Waals surface area contributed by atoms with Crippen molar-refractivity contribution in [2.45, 2.75) is 32.7 Å². The van der Waals surface area contributed by atoms with Crippen molar-refractivity contribution in [3.8, 4) is 0 Å². The van der Waals surface area contributed by atoms with E-state index in [9.17, 15) is 10.1 Å². The van der Waals surface area contributed by atoms with Gasteiger partial charge in [0.25, 0.3) is 5.69 Å². The highest BCUT2D eigenvalue weighted by Gasteiger charge is 2.18. The number of hydrogen-bond donors (Lipinski definition) is 2. The zero-order valence-corrected chi connectivity index (χ0v) is 12.0. The van der Waals surface area contributed by atoms with Crippen LogP contribution in [-0.4, -0.2) is 22.5 Å². The fourth-order valence-corrected chi connectivity index (χ4v) is 2.06. The molecule has 0 saturated heterocycles. The fourth-order valence-electron chi connectivity index (χ4n) is 1.64. The Kier molecular flexibility index (Phi) is 5.49. The second-order valence-electron chi connectivity index (χ2n) is 4.05. The molecule has 0 spiro atoms. The molecule has 0 aliphatic carbocycles. The number of nitrogens with one attached hydrogen (secondary N) is 1. The van der Waals surface area contributed by atoms with E-state index in [2.05, 4.69) is 33.2 Å². The summed E-state index contributed by atoms with van der Waals surface area (Å²) in [5.41, 5.74) is 6.23. The van der Waals surface area contributed by atoms with Crippen molar-refractivity contribution in [3.05, 3.63) is 26.3 Å². The van der Waals surface area contributed by atoms with E-state index in [1.807, 2.05) is 0 Å². The van der Waals surface area contributed by atoms with Gasteiger partial charge in [-0.3, -0.25) is 10.1 Å². The highest BCUT2D eigenvalue weighted by molar-refractivity contribution is 9.10. The van der Waals surface area contributed by atoms with E-state index >= 15 is 0 Å². The molecule has 1 aromatic rings. The first-order valence-corrected chi connectivity index (χ1v) is 6.56. The van der Waals surface area contributed by atoms with Gasteiger partial charge in [0.05, 0.1) is 9.40 Å². The molecule has 1 heterocycles. The second-order valence-corrected chi connectivity index (χ2v) is 4.85. The zero-order chi connectivity index (χ0) is 13.7. The van der Waals surface area contributed by atoms with Crippen molar-refractivity contribution in [1.29, 1.82) is 0 Å². The molecular weight excluding hydrogens is 300 g/mol. The highest BCUT2D eigenvalue weighted by atomic mass is 79.9. The first-order valence-electron chi connectivity index (χ1n) is 5.77. The Morgan fingerprint density at radius 2 is 2.33 bits per heavy atom. The van der Waals surface area contributed by atoms with E-state index in [4.69, 9.17) is 5.73 Å². The number of nitrogens with two attached hydrogens (primary N) is 1. The van der Waals surface area contributed by atoms with E-state index in [1.54, 1.807) is 6.92 Å². The summed E-state index contributed by atoms with van der Waals surface area (Å²) in [5, 5.41) is 14.0. The quantitative estimate of drug-likeness (QED) is 0.621. The van der Waals surface area contributed by atoms with Gasteiger partial charge in [-0.05, 0) is 29.3 Å². The second kappa shape index (κ2) is 6.65. The van der Waals surface area contributed by atoms with Gasteiger partial charge in [-0.1, -0.05) is 13.3 Å². The van der Waals surface area contributed by atoms with Crippen molar-refractivity contribution < 1.29 is 4.92 Å². The molecule has 0 saturated carbocycles. The van der Waals surface area contributed by atoms with Gasteiger partial charge in [0.1, 0.15) is 12.0 Å². The summed E-state index contributed by atoms with van der Waals surface area (Å²) in [5.74, 6) is 0.599. The third-order valence-electron chi connectivity index (χ3n) is 2.70. The first kappa shape index (κ1) is 14.8. The Morgan fingerprint density at radius 1 is 1.67 bits per heavy atom. The first-order chi connectivity index (χ1) is 8.51. The Bertz CT molecular complexity index is 439. The van der Waals surface area contributed by atoms with E-state index in [0.29, 0.717) is 22.4 Å². The normalized spacial score (nSPS) is 12.2. The van der Waals surface area contributed by atoms with Crippen LogP contribution in [0.2, 0.25) is 0 Å². The molecule has 1 aromatic heterocycles. The smallest absolute Gasteiger partial charge is 0.291 e. The highest BCUT2D eigenvalue weighted by Crippen LogP contribution is 2.30. The maximum atomic E-state index is 10.8. The number of pyridine rings is 1. The summed E-state index contributed by atoms with van der Waals surface area (Å²) in [6, 6.07) is 0.125. The molecule has 1 rings (SSSR count). The molecule has 0 aliphatic heterocycles. The molecule has 18 heavy (non-hydrogen) atoms. The summed E-state index contributed by atoms with van der Waals surface area (Å²) in [6.45, 7) is 4.26. The van der Waals surface area contributed by atoms with Crippen LogP contribution in [0.3, 0.4) is 0 Å². The lowest BCUT2D eigenvalue weighted by Gasteiger charge is -2.18. The van der Waals surface area contributed by atoms with E-state index in [1.165, 1.54) is 6.20 Å². The van der Waals surface area contributed by atoms with E-state index in [-0.39, 0.29) is 11.7 Å². The Balaban J connectivity index is 2.98. The molecule has 1 unspecified atom stereocenters. The molecule has 0 aromatic carbocycles. The van der Waals surface area contributed by atoms with Crippen molar-refractivity contribution in [1.82, 2.24) is 4.98 Å². The fraction of sp³-hybridized carbons (Fsp3) is 0.545. The van der Waals surface area contributed by atoms with E-state index in [0.717, 1.165) is 12.8 Å². The lowest BCUT2D eigenvalue weighted by molar-refractivity contribution is -0.385. The molecule has 0 fully saturated rings. The van der Waals surface area contributed by atoms with Gasteiger partial charge in [-0.15, -0.1) is 0 Å². The van der Waals surface area contributed by atoms with E-state index < -0.39 is 4.92 Å². The lowest BCUT2D eigenvalue weighted by atomic mass is 10.1. The van der Waals surface area contributed by atoms with Gasteiger partial charge < -0.3 is 11.1 Å². The summed E-state index contributed by atoms with van der Waals surface area (Å²) in [6.07, 6.45) is 3.21. The number of halogens is 1. The van der Waals surface area contributed by atoms with Crippen LogP contribution in [-0.2, 0) is 0 Å². The standard InChI is InChI=1S/C11H17BrN4O2/c1-3-4-8(5-13)15-11-10(12)7(2)9(6-14-11)16(17)18/h6,8H,3-5,13H2,1-2H3,(H,14,15). The van der Waals surface area contributed by atoms with Crippen LogP contribution in [0.1, 0.15) is 25.3 Å². The van der Waals surface area contributed by atoms with Gasteiger partial charge in [0.15, 0.2) is 0 Å². The topological polar surface area (TPSA) is 94.1 Å². The number of nitrogens with zero attached hydrogens (tertiary/aromatic N) is 2. The minimum Gasteiger partial charge on any atom is -0.365 e. The van der Waals surface area contributed by atoms with Gasteiger partial charge >= 0.3 is 0 Å². The summed E-state index contributed by atoms with van der Waals surface area (Å²) in [7, 11) is 0. The zero-order valence-electron chi connectivity index (χ0n) is 10.4. The van der Waals surface area contributed by atoms with Gasteiger partial charge in [-0.2, -0.15) is 0 Å². The SMILES string of the molecule is CCCC(CN)Nc1ncc([N+](=O)[O-])c(C)c1Br. The third-order valence-corrected chi connectivity index (χ3v) is 3.67. The molecule has 100 valence electrons. The summed E-state index contributed by atoms with van der Waals surface area (Å²) < 4.78 is 0.617. The van der Waals surface area contributed by atoms with Crippen LogP contribution in [0.5, 0.6) is 0 Å². The average molecular weight is 317 g/mol. The van der Waals surface area contributed by atoms with Crippen molar-refractivity contribution in [3.63, 3.8) is 0 Å². The van der Waals surface area contributed by atoms with Crippen molar-refractivity contribution in [2.24, 2.45) is 5.73 Å². The number of rotatable bonds is 6. The minimum absolute atomic E-state index is 0.00668. The average Bonchev–Trinajstić information content (AvgIpc) is 2.33. The van der Waals surface area contributed by atoms with Gasteiger partial charge in [0.2, 0.25) is 0 Å². The Morgan fingerprint density at radius 3 is 2.83 bits per heavy atom. The van der Waals surface area contributed by atoms with Crippen molar-refractivity contribution in [2.75, 3.05) is 11.9 Å². The predicted octanol–water partition coefficient (Wildman–Crippen LogP) is 2.60. The molecule has 0 amide bonds. The maximum Gasteiger partial charge on any atom is 0.291 e. The molecule has 1 atom stereocenters. The molecule has 0 aliphatic rings. The van der Waals surface area contributed by atoms with Crippen LogP contribution in [0.4, 0.5) is 11.5 Å². The maximum absolute atomic E-state index is 10.8. The molecule has 7 heteroatoms.